The normalized spacial score (nSPS) is 11.8. The first-order valence-corrected chi connectivity index (χ1v) is 8.83. The van der Waals surface area contributed by atoms with Crippen LogP contribution in [0.5, 0.6) is 5.75 Å². The Hall–Kier alpha value is -2.41. The number of imidazole rings is 1. The minimum atomic E-state index is 0.477. The number of ether oxygens (including phenoxy) is 1. The molecule has 3 heterocycles. The van der Waals surface area contributed by atoms with Gasteiger partial charge in [0.15, 0.2) is 5.58 Å². The van der Waals surface area contributed by atoms with Gasteiger partial charge in [-0.3, -0.25) is 0 Å². The first-order chi connectivity index (χ1) is 11.6. The second-order valence-corrected chi connectivity index (χ2v) is 7.10. The van der Waals surface area contributed by atoms with Gasteiger partial charge >= 0.3 is 0 Å². The van der Waals surface area contributed by atoms with Gasteiger partial charge in [-0.1, -0.05) is 32.1 Å². The van der Waals surface area contributed by atoms with Crippen molar-refractivity contribution in [2.75, 3.05) is 6.61 Å². The molecule has 0 N–H and O–H groups in total. The van der Waals surface area contributed by atoms with E-state index >= 15 is 0 Å². The number of rotatable bonds is 5. The number of hydrogen-bond donors (Lipinski definition) is 0. The molecule has 0 aliphatic carbocycles. The number of aromatic nitrogens is 4. The highest BCUT2D eigenvalue weighted by Gasteiger charge is 2.15. The van der Waals surface area contributed by atoms with Crippen molar-refractivity contribution in [1.82, 2.24) is 19.6 Å². The summed E-state index contributed by atoms with van der Waals surface area (Å²) in [7, 11) is 0. The van der Waals surface area contributed by atoms with Crippen molar-refractivity contribution in [3.05, 3.63) is 29.4 Å². The molecule has 0 unspecified atom stereocenters. The van der Waals surface area contributed by atoms with Crippen LogP contribution in [-0.4, -0.2) is 26.2 Å². The number of hydrogen-bond acceptors (Lipinski definition) is 6. The van der Waals surface area contributed by atoms with E-state index in [9.17, 15) is 0 Å². The van der Waals surface area contributed by atoms with Crippen molar-refractivity contribution in [2.24, 2.45) is 5.92 Å². The quantitative estimate of drug-likeness (QED) is 0.544. The molecule has 4 aromatic rings. The van der Waals surface area contributed by atoms with Crippen LogP contribution in [-0.2, 0) is 6.42 Å². The molecule has 0 aliphatic heterocycles. The molecule has 4 rings (SSSR count). The number of benzene rings is 1. The third-order valence-corrected chi connectivity index (χ3v) is 4.62. The summed E-state index contributed by atoms with van der Waals surface area (Å²) in [4.78, 5) is 9.93. The maximum Gasteiger partial charge on any atom is 0.247 e. The standard InChI is InChI=1S/C17H18N4O2S/c1-4-15-20-21-8-13(19-17(21)24-15)16-18-12-6-5-11(7-14(12)23-16)22-9-10(2)3/h5-8,10H,4,9H2,1-3H3. The zero-order valence-corrected chi connectivity index (χ0v) is 14.6. The van der Waals surface area contributed by atoms with Gasteiger partial charge in [0, 0.05) is 6.07 Å². The first kappa shape index (κ1) is 15.1. The minimum Gasteiger partial charge on any atom is -0.493 e. The minimum absolute atomic E-state index is 0.477. The molecule has 0 radical (unpaired) electrons. The fraction of sp³-hybridized carbons (Fsp3) is 0.353. The number of oxazole rings is 1. The average Bonchev–Trinajstić information content (AvgIpc) is 3.23. The topological polar surface area (TPSA) is 65.5 Å². The third-order valence-electron chi connectivity index (χ3n) is 3.55. The van der Waals surface area contributed by atoms with E-state index in [1.807, 2.05) is 24.4 Å². The Labute approximate surface area is 143 Å². The second kappa shape index (κ2) is 5.90. The van der Waals surface area contributed by atoms with Crippen LogP contribution in [0.1, 0.15) is 25.8 Å². The van der Waals surface area contributed by atoms with Gasteiger partial charge in [-0.05, 0) is 24.5 Å². The van der Waals surface area contributed by atoms with Crippen molar-refractivity contribution in [3.8, 4) is 17.3 Å². The van der Waals surface area contributed by atoms with Crippen LogP contribution >= 0.6 is 11.3 Å². The van der Waals surface area contributed by atoms with Crippen LogP contribution in [0, 0.1) is 5.92 Å². The lowest BCUT2D eigenvalue weighted by Crippen LogP contribution is -2.04. The fourth-order valence-corrected chi connectivity index (χ4v) is 3.17. The van der Waals surface area contributed by atoms with Crippen LogP contribution in [0.4, 0.5) is 0 Å². The largest absolute Gasteiger partial charge is 0.493 e. The van der Waals surface area contributed by atoms with E-state index in [0.717, 1.165) is 27.7 Å². The lowest BCUT2D eigenvalue weighted by Gasteiger charge is -2.07. The summed E-state index contributed by atoms with van der Waals surface area (Å²) in [6.45, 7) is 7.00. The highest BCUT2D eigenvalue weighted by atomic mass is 32.1. The zero-order valence-electron chi connectivity index (χ0n) is 13.8. The summed E-state index contributed by atoms with van der Waals surface area (Å²) in [6, 6.07) is 5.70. The summed E-state index contributed by atoms with van der Waals surface area (Å²) < 4.78 is 13.4. The van der Waals surface area contributed by atoms with Gasteiger partial charge in [0.25, 0.3) is 0 Å². The third kappa shape index (κ3) is 2.75. The molecule has 124 valence electrons. The monoisotopic (exact) mass is 342 g/mol. The average molecular weight is 342 g/mol. The highest BCUT2D eigenvalue weighted by molar-refractivity contribution is 7.16. The van der Waals surface area contributed by atoms with E-state index in [0.29, 0.717) is 29.7 Å². The number of fused-ring (bicyclic) bond motifs is 2. The molecule has 0 saturated heterocycles. The first-order valence-electron chi connectivity index (χ1n) is 8.01. The summed E-state index contributed by atoms with van der Waals surface area (Å²) >= 11 is 1.58. The summed E-state index contributed by atoms with van der Waals surface area (Å²) in [6.07, 6.45) is 2.76. The molecular weight excluding hydrogens is 324 g/mol. The molecule has 3 aromatic heterocycles. The van der Waals surface area contributed by atoms with Gasteiger partial charge in [-0.15, -0.1) is 0 Å². The van der Waals surface area contributed by atoms with Crippen molar-refractivity contribution in [1.29, 1.82) is 0 Å². The molecule has 0 amide bonds. The SMILES string of the molecule is CCc1nn2cc(-c3nc4ccc(OCC(C)C)cc4o3)nc2s1. The Bertz CT molecular complexity index is 967. The van der Waals surface area contributed by atoms with Crippen molar-refractivity contribution in [2.45, 2.75) is 27.2 Å². The Morgan fingerprint density at radius 3 is 2.92 bits per heavy atom. The van der Waals surface area contributed by atoms with Crippen LogP contribution in [0.25, 0.3) is 27.6 Å². The molecule has 0 atom stereocenters. The van der Waals surface area contributed by atoms with Crippen molar-refractivity contribution in [3.63, 3.8) is 0 Å². The Balaban J connectivity index is 1.66. The Kier molecular flexibility index (Phi) is 3.72. The van der Waals surface area contributed by atoms with Gasteiger partial charge in [-0.25, -0.2) is 14.5 Å². The fourth-order valence-electron chi connectivity index (χ4n) is 2.35. The van der Waals surface area contributed by atoms with Gasteiger partial charge in [0.05, 0.1) is 12.8 Å². The Morgan fingerprint density at radius 1 is 1.29 bits per heavy atom. The molecule has 1 aromatic carbocycles. The molecule has 0 aliphatic rings. The van der Waals surface area contributed by atoms with E-state index in [1.54, 1.807) is 15.9 Å². The smallest absolute Gasteiger partial charge is 0.247 e. The van der Waals surface area contributed by atoms with Crippen LogP contribution < -0.4 is 4.74 Å². The van der Waals surface area contributed by atoms with E-state index in [1.165, 1.54) is 0 Å². The molecule has 0 spiro atoms. The highest BCUT2D eigenvalue weighted by Crippen LogP contribution is 2.28. The molecule has 0 saturated carbocycles. The predicted molar refractivity (Wildman–Crippen MR) is 93.6 cm³/mol. The number of aryl methyl sites for hydroxylation is 1. The van der Waals surface area contributed by atoms with Gasteiger partial charge in [0.1, 0.15) is 22.0 Å². The van der Waals surface area contributed by atoms with E-state index < -0.39 is 0 Å². The molecule has 7 heteroatoms. The predicted octanol–water partition coefficient (Wildman–Crippen LogP) is 4.20. The second-order valence-electron chi connectivity index (χ2n) is 6.06. The zero-order chi connectivity index (χ0) is 16.7. The van der Waals surface area contributed by atoms with E-state index in [-0.39, 0.29) is 0 Å². The van der Waals surface area contributed by atoms with Gasteiger partial charge in [0.2, 0.25) is 10.9 Å². The summed E-state index contributed by atoms with van der Waals surface area (Å²) in [5, 5.41) is 5.53. The van der Waals surface area contributed by atoms with E-state index in [4.69, 9.17) is 9.15 Å². The molecular formula is C17H18N4O2S. The lowest BCUT2D eigenvalue weighted by molar-refractivity contribution is 0.271. The van der Waals surface area contributed by atoms with Crippen molar-refractivity contribution < 1.29 is 9.15 Å². The van der Waals surface area contributed by atoms with Gasteiger partial charge in [-0.2, -0.15) is 5.10 Å². The van der Waals surface area contributed by atoms with Crippen molar-refractivity contribution >= 4 is 27.4 Å². The molecule has 0 fully saturated rings. The van der Waals surface area contributed by atoms with Crippen LogP contribution in [0.3, 0.4) is 0 Å². The molecule has 24 heavy (non-hydrogen) atoms. The maximum atomic E-state index is 5.87. The summed E-state index contributed by atoms with van der Waals surface area (Å²) in [5.41, 5.74) is 2.18. The van der Waals surface area contributed by atoms with Gasteiger partial charge < -0.3 is 9.15 Å². The van der Waals surface area contributed by atoms with Crippen LogP contribution in [0.2, 0.25) is 0 Å². The molecule has 0 bridgehead atoms. The van der Waals surface area contributed by atoms with Crippen LogP contribution in [0.15, 0.2) is 28.8 Å². The van der Waals surface area contributed by atoms with E-state index in [2.05, 4.69) is 35.8 Å². The Morgan fingerprint density at radius 2 is 2.17 bits per heavy atom. The summed E-state index contributed by atoms with van der Waals surface area (Å²) in [5.74, 6) is 1.77. The lowest BCUT2D eigenvalue weighted by atomic mass is 10.2. The molecule has 6 nitrogen and oxygen atoms in total. The number of nitrogens with zero attached hydrogens (tertiary/aromatic N) is 4. The maximum absolute atomic E-state index is 5.87.